The van der Waals surface area contributed by atoms with Crippen LogP contribution in [0.25, 0.3) is 10.6 Å². The van der Waals surface area contributed by atoms with Gasteiger partial charge < -0.3 is 4.74 Å². The average molecular weight is 270 g/mol. The Morgan fingerprint density at radius 2 is 2.32 bits per heavy atom. The van der Waals surface area contributed by atoms with Gasteiger partial charge in [0.05, 0.1) is 12.3 Å². The van der Waals surface area contributed by atoms with E-state index >= 15 is 0 Å². The van der Waals surface area contributed by atoms with E-state index in [-0.39, 0.29) is 0 Å². The lowest BCUT2D eigenvalue weighted by molar-refractivity contribution is 0.340. The molecule has 1 fully saturated rings. The van der Waals surface area contributed by atoms with Crippen LogP contribution in [-0.4, -0.2) is 11.6 Å². The van der Waals surface area contributed by atoms with E-state index < -0.39 is 0 Å². The monoisotopic (exact) mass is 270 g/mol. The van der Waals surface area contributed by atoms with Crippen molar-refractivity contribution in [1.29, 1.82) is 5.26 Å². The van der Waals surface area contributed by atoms with Crippen LogP contribution in [0.1, 0.15) is 36.3 Å². The van der Waals surface area contributed by atoms with Crippen molar-refractivity contribution in [2.45, 2.75) is 25.7 Å². The number of hydrogen-bond acceptors (Lipinski definition) is 4. The normalized spacial score (nSPS) is 14.1. The molecule has 0 atom stereocenters. The predicted octanol–water partition coefficient (Wildman–Crippen LogP) is 3.96. The van der Waals surface area contributed by atoms with Crippen molar-refractivity contribution in [2.24, 2.45) is 0 Å². The zero-order valence-corrected chi connectivity index (χ0v) is 11.5. The Kier molecular flexibility index (Phi) is 3.22. The summed E-state index contributed by atoms with van der Waals surface area (Å²) < 4.78 is 5.50. The third kappa shape index (κ3) is 2.47. The van der Waals surface area contributed by atoms with Crippen molar-refractivity contribution in [3.05, 3.63) is 34.8 Å². The van der Waals surface area contributed by atoms with E-state index in [1.807, 2.05) is 31.2 Å². The van der Waals surface area contributed by atoms with Crippen LogP contribution in [0.2, 0.25) is 0 Å². The minimum absolute atomic E-state index is 0.509. The summed E-state index contributed by atoms with van der Waals surface area (Å²) in [6, 6.07) is 10.2. The molecule has 0 N–H and O–H groups in total. The van der Waals surface area contributed by atoms with Crippen LogP contribution in [0.15, 0.2) is 24.3 Å². The van der Waals surface area contributed by atoms with Crippen molar-refractivity contribution in [1.82, 2.24) is 4.98 Å². The molecule has 0 unspecified atom stereocenters. The molecule has 0 saturated heterocycles. The number of benzene rings is 1. The summed E-state index contributed by atoms with van der Waals surface area (Å²) in [6.07, 6.45) is 2.33. The van der Waals surface area contributed by atoms with Gasteiger partial charge in [-0.05, 0) is 31.9 Å². The average Bonchev–Trinajstić information content (AvgIpc) is 3.18. The van der Waals surface area contributed by atoms with E-state index in [9.17, 15) is 5.26 Å². The predicted molar refractivity (Wildman–Crippen MR) is 75.4 cm³/mol. The molecular weight excluding hydrogens is 256 g/mol. The van der Waals surface area contributed by atoms with Gasteiger partial charge in [-0.25, -0.2) is 4.98 Å². The van der Waals surface area contributed by atoms with Gasteiger partial charge in [0.25, 0.3) is 0 Å². The topological polar surface area (TPSA) is 45.9 Å². The highest BCUT2D eigenvalue weighted by molar-refractivity contribution is 7.15. The van der Waals surface area contributed by atoms with Gasteiger partial charge in [-0.15, -0.1) is 11.3 Å². The molecule has 0 bridgehead atoms. The molecule has 1 heterocycles. The molecule has 19 heavy (non-hydrogen) atoms. The number of ether oxygens (including phenoxy) is 1. The Balaban J connectivity index is 1.97. The smallest absolute Gasteiger partial charge is 0.128 e. The molecule has 0 amide bonds. The molecule has 2 aromatic rings. The minimum atomic E-state index is 0.509. The second-order valence-electron chi connectivity index (χ2n) is 4.58. The number of nitrogens with zero attached hydrogens (tertiary/aromatic N) is 2. The third-order valence-electron chi connectivity index (χ3n) is 3.11. The number of rotatable bonds is 4. The summed E-state index contributed by atoms with van der Waals surface area (Å²) in [5.74, 6) is 1.36. The van der Waals surface area contributed by atoms with Crippen LogP contribution < -0.4 is 4.74 Å². The number of hydrogen-bond donors (Lipinski definition) is 0. The first-order chi connectivity index (χ1) is 9.31. The van der Waals surface area contributed by atoms with E-state index in [1.165, 1.54) is 11.3 Å². The maximum atomic E-state index is 9.19. The molecular formula is C15H14N2OS. The van der Waals surface area contributed by atoms with E-state index in [1.54, 1.807) is 0 Å². The standard InChI is InChI=1S/C15H14N2OS/c1-2-18-12-5-3-4-11(8-12)15-17-14(10-6-7-10)13(9-16)19-15/h3-5,8,10H,2,6-7H2,1H3. The minimum Gasteiger partial charge on any atom is -0.494 e. The fourth-order valence-corrected chi connectivity index (χ4v) is 3.00. The lowest BCUT2D eigenvalue weighted by Crippen LogP contribution is -1.91. The van der Waals surface area contributed by atoms with Crippen LogP contribution >= 0.6 is 11.3 Å². The zero-order valence-electron chi connectivity index (χ0n) is 10.7. The molecule has 96 valence electrons. The highest BCUT2D eigenvalue weighted by Crippen LogP contribution is 2.44. The molecule has 1 aliphatic rings. The first-order valence-corrected chi connectivity index (χ1v) is 7.27. The maximum Gasteiger partial charge on any atom is 0.128 e. The van der Waals surface area contributed by atoms with Crippen LogP contribution in [-0.2, 0) is 0 Å². The second kappa shape index (κ2) is 5.02. The Morgan fingerprint density at radius 3 is 3.00 bits per heavy atom. The molecule has 1 saturated carbocycles. The second-order valence-corrected chi connectivity index (χ2v) is 5.58. The van der Waals surface area contributed by atoms with Crippen molar-refractivity contribution >= 4 is 11.3 Å². The van der Waals surface area contributed by atoms with Gasteiger partial charge in [0.2, 0.25) is 0 Å². The highest BCUT2D eigenvalue weighted by Gasteiger charge is 2.30. The maximum absolute atomic E-state index is 9.19. The van der Waals surface area contributed by atoms with Crippen molar-refractivity contribution in [3.63, 3.8) is 0 Å². The Hall–Kier alpha value is -1.86. The number of aromatic nitrogens is 1. The lowest BCUT2D eigenvalue weighted by Gasteiger charge is -2.03. The van der Waals surface area contributed by atoms with E-state index in [0.717, 1.165) is 39.7 Å². The van der Waals surface area contributed by atoms with Gasteiger partial charge in [0.1, 0.15) is 21.7 Å². The summed E-state index contributed by atoms with van der Waals surface area (Å²) in [5.41, 5.74) is 2.02. The van der Waals surface area contributed by atoms with Gasteiger partial charge in [-0.2, -0.15) is 5.26 Å². The number of thiazole rings is 1. The third-order valence-corrected chi connectivity index (χ3v) is 4.14. The van der Waals surface area contributed by atoms with Gasteiger partial charge in [-0.3, -0.25) is 0 Å². The van der Waals surface area contributed by atoms with Crippen LogP contribution in [0.5, 0.6) is 5.75 Å². The van der Waals surface area contributed by atoms with Crippen molar-refractivity contribution in [3.8, 4) is 22.4 Å². The van der Waals surface area contributed by atoms with Gasteiger partial charge >= 0.3 is 0 Å². The summed E-state index contributed by atoms with van der Waals surface area (Å²) in [4.78, 5) is 5.42. The van der Waals surface area contributed by atoms with E-state index in [0.29, 0.717) is 12.5 Å². The fourth-order valence-electron chi connectivity index (χ4n) is 2.05. The van der Waals surface area contributed by atoms with E-state index in [4.69, 9.17) is 4.74 Å². The lowest BCUT2D eigenvalue weighted by atomic mass is 10.2. The molecule has 3 rings (SSSR count). The van der Waals surface area contributed by atoms with Gasteiger partial charge in [0.15, 0.2) is 0 Å². The molecule has 3 nitrogen and oxygen atoms in total. The molecule has 0 radical (unpaired) electrons. The Bertz CT molecular complexity index is 638. The highest BCUT2D eigenvalue weighted by atomic mass is 32.1. The molecule has 0 aliphatic heterocycles. The first-order valence-electron chi connectivity index (χ1n) is 6.46. The molecule has 0 spiro atoms. The SMILES string of the molecule is CCOc1cccc(-c2nc(C3CC3)c(C#N)s2)c1. The van der Waals surface area contributed by atoms with Crippen LogP contribution in [0.3, 0.4) is 0 Å². The molecule has 1 aliphatic carbocycles. The summed E-state index contributed by atoms with van der Waals surface area (Å²) in [6.45, 7) is 2.62. The van der Waals surface area contributed by atoms with E-state index in [2.05, 4.69) is 11.1 Å². The first kappa shape index (κ1) is 12.2. The molecule has 1 aromatic heterocycles. The fraction of sp³-hybridized carbons (Fsp3) is 0.333. The van der Waals surface area contributed by atoms with Gasteiger partial charge in [-0.1, -0.05) is 12.1 Å². The number of nitriles is 1. The van der Waals surface area contributed by atoms with Crippen molar-refractivity contribution in [2.75, 3.05) is 6.61 Å². The molecule has 1 aromatic carbocycles. The van der Waals surface area contributed by atoms with Crippen molar-refractivity contribution < 1.29 is 4.74 Å². The largest absolute Gasteiger partial charge is 0.494 e. The molecule has 4 heteroatoms. The van der Waals surface area contributed by atoms with Crippen LogP contribution in [0, 0.1) is 11.3 Å². The van der Waals surface area contributed by atoms with Gasteiger partial charge in [0, 0.05) is 11.5 Å². The summed E-state index contributed by atoms with van der Waals surface area (Å²) >= 11 is 1.48. The Labute approximate surface area is 116 Å². The summed E-state index contributed by atoms with van der Waals surface area (Å²) in [7, 11) is 0. The Morgan fingerprint density at radius 1 is 1.47 bits per heavy atom. The zero-order chi connectivity index (χ0) is 13.2. The van der Waals surface area contributed by atoms with Crippen LogP contribution in [0.4, 0.5) is 0 Å². The quantitative estimate of drug-likeness (QED) is 0.844. The summed E-state index contributed by atoms with van der Waals surface area (Å²) in [5, 5.41) is 10.1.